The molecule has 4 nitrogen and oxygen atoms in total. The first-order valence-electron chi connectivity index (χ1n) is 6.76. The Hall–Kier alpha value is -0.910. The van der Waals surface area contributed by atoms with Crippen molar-refractivity contribution in [2.45, 2.75) is 51.6 Å². The van der Waals surface area contributed by atoms with Gasteiger partial charge in [-0.25, -0.2) is 13.6 Å². The van der Waals surface area contributed by atoms with E-state index in [0.717, 1.165) is 0 Å². The zero-order chi connectivity index (χ0) is 14.5. The second-order valence-corrected chi connectivity index (χ2v) is 5.96. The highest BCUT2D eigenvalue weighted by Crippen LogP contribution is 2.33. The summed E-state index contributed by atoms with van der Waals surface area (Å²) < 4.78 is 32.5. The Kier molecular flexibility index (Phi) is 5.52. The van der Waals surface area contributed by atoms with E-state index in [1.165, 1.54) is 0 Å². The van der Waals surface area contributed by atoms with Gasteiger partial charge in [-0.05, 0) is 40.2 Å². The number of hydrogen-bond acceptors (Lipinski definition) is 3. The second kappa shape index (κ2) is 6.50. The molecule has 1 saturated heterocycles. The van der Waals surface area contributed by atoms with Gasteiger partial charge in [-0.15, -0.1) is 0 Å². The van der Waals surface area contributed by atoms with Crippen LogP contribution in [0.3, 0.4) is 0 Å². The van der Waals surface area contributed by atoms with E-state index in [-0.39, 0.29) is 19.4 Å². The van der Waals surface area contributed by atoms with Gasteiger partial charge < -0.3 is 15.4 Å². The van der Waals surface area contributed by atoms with Gasteiger partial charge in [0, 0.05) is 25.4 Å². The van der Waals surface area contributed by atoms with Gasteiger partial charge in [0.15, 0.2) is 0 Å². The van der Waals surface area contributed by atoms with Crippen LogP contribution in [0.4, 0.5) is 13.6 Å². The maximum Gasteiger partial charge on any atom is 0.407 e. The number of carbonyl (C=O) groups is 1. The van der Waals surface area contributed by atoms with Gasteiger partial charge in [-0.2, -0.15) is 0 Å². The standard InChI is InChI=1S/C13H24F2N2O2/c1-12(2,3)19-11(18)17-8-5-10-4-7-16-9-6-13(10,14)15/h10,16H,4-9H2,1-3H3,(H,17,18). The van der Waals surface area contributed by atoms with E-state index in [2.05, 4.69) is 10.6 Å². The Morgan fingerprint density at radius 1 is 1.42 bits per heavy atom. The van der Waals surface area contributed by atoms with Gasteiger partial charge in [-0.3, -0.25) is 0 Å². The summed E-state index contributed by atoms with van der Waals surface area (Å²) in [5, 5.41) is 5.50. The number of ether oxygens (including phenoxy) is 1. The predicted octanol–water partition coefficient (Wildman–Crippen LogP) is 2.54. The number of nitrogens with one attached hydrogen (secondary N) is 2. The third-order valence-corrected chi connectivity index (χ3v) is 3.06. The lowest BCUT2D eigenvalue weighted by Crippen LogP contribution is -2.36. The highest BCUT2D eigenvalue weighted by molar-refractivity contribution is 5.67. The molecule has 0 aromatic heterocycles. The number of carbonyl (C=O) groups excluding carboxylic acids is 1. The molecule has 0 saturated carbocycles. The molecule has 6 heteroatoms. The van der Waals surface area contributed by atoms with Crippen molar-refractivity contribution in [2.75, 3.05) is 19.6 Å². The molecule has 0 radical (unpaired) electrons. The summed E-state index contributed by atoms with van der Waals surface area (Å²) in [5.74, 6) is -3.34. The van der Waals surface area contributed by atoms with Crippen molar-refractivity contribution >= 4 is 6.09 Å². The molecule has 1 aliphatic rings. The molecule has 0 aromatic rings. The molecule has 112 valence electrons. The van der Waals surface area contributed by atoms with Crippen molar-refractivity contribution in [1.82, 2.24) is 10.6 Å². The van der Waals surface area contributed by atoms with Gasteiger partial charge in [0.05, 0.1) is 0 Å². The van der Waals surface area contributed by atoms with Crippen LogP contribution in [0.2, 0.25) is 0 Å². The third kappa shape index (κ3) is 6.18. The Morgan fingerprint density at radius 3 is 2.74 bits per heavy atom. The van der Waals surface area contributed by atoms with Crippen LogP contribution in [-0.2, 0) is 4.74 Å². The van der Waals surface area contributed by atoms with Crippen molar-refractivity contribution in [3.8, 4) is 0 Å². The van der Waals surface area contributed by atoms with Gasteiger partial charge in [-0.1, -0.05) is 0 Å². The molecular formula is C13H24F2N2O2. The van der Waals surface area contributed by atoms with Crippen LogP contribution in [0, 0.1) is 5.92 Å². The fraction of sp³-hybridized carbons (Fsp3) is 0.923. The van der Waals surface area contributed by atoms with E-state index in [9.17, 15) is 13.6 Å². The number of halogens is 2. The van der Waals surface area contributed by atoms with Gasteiger partial charge in [0.1, 0.15) is 5.60 Å². The van der Waals surface area contributed by atoms with E-state index in [4.69, 9.17) is 4.74 Å². The van der Waals surface area contributed by atoms with E-state index in [0.29, 0.717) is 19.5 Å². The average Bonchev–Trinajstić information content (AvgIpc) is 2.38. The van der Waals surface area contributed by atoms with Crippen LogP contribution in [0.5, 0.6) is 0 Å². The summed E-state index contributed by atoms with van der Waals surface area (Å²) in [7, 11) is 0. The van der Waals surface area contributed by atoms with Crippen LogP contribution >= 0.6 is 0 Å². The summed E-state index contributed by atoms with van der Waals surface area (Å²) in [6.07, 6.45) is 0.0173. The highest BCUT2D eigenvalue weighted by Gasteiger charge is 2.39. The van der Waals surface area contributed by atoms with Gasteiger partial charge >= 0.3 is 6.09 Å². The van der Waals surface area contributed by atoms with Crippen LogP contribution in [-0.4, -0.2) is 37.3 Å². The molecular weight excluding hydrogens is 254 g/mol. The molecule has 1 atom stereocenters. The molecule has 1 aliphatic heterocycles. The Balaban J connectivity index is 2.33. The fourth-order valence-electron chi connectivity index (χ4n) is 2.09. The lowest BCUT2D eigenvalue weighted by atomic mass is 9.93. The minimum atomic E-state index is -2.65. The zero-order valence-corrected chi connectivity index (χ0v) is 11.9. The number of hydrogen-bond donors (Lipinski definition) is 2. The molecule has 1 amide bonds. The van der Waals surface area contributed by atoms with Crippen LogP contribution in [0.25, 0.3) is 0 Å². The topological polar surface area (TPSA) is 50.4 Å². The molecule has 0 aliphatic carbocycles. The van der Waals surface area contributed by atoms with Crippen molar-refractivity contribution in [3.63, 3.8) is 0 Å². The van der Waals surface area contributed by atoms with E-state index in [1.807, 2.05) is 0 Å². The van der Waals surface area contributed by atoms with E-state index >= 15 is 0 Å². The Labute approximate surface area is 113 Å². The summed E-state index contributed by atoms with van der Waals surface area (Å²) in [4.78, 5) is 11.4. The fourth-order valence-corrected chi connectivity index (χ4v) is 2.09. The lowest BCUT2D eigenvalue weighted by Gasteiger charge is -2.25. The minimum absolute atomic E-state index is 0.135. The SMILES string of the molecule is CC(C)(C)OC(=O)NCCC1CCNCCC1(F)F. The Morgan fingerprint density at radius 2 is 2.11 bits per heavy atom. The van der Waals surface area contributed by atoms with Crippen molar-refractivity contribution < 1.29 is 18.3 Å². The van der Waals surface area contributed by atoms with E-state index in [1.54, 1.807) is 20.8 Å². The molecule has 1 fully saturated rings. The Bertz CT molecular complexity index is 304. The van der Waals surface area contributed by atoms with Crippen molar-refractivity contribution in [1.29, 1.82) is 0 Å². The first kappa shape index (κ1) is 16.1. The largest absolute Gasteiger partial charge is 0.444 e. The molecule has 1 rings (SSSR count). The normalized spacial score (nSPS) is 23.5. The predicted molar refractivity (Wildman–Crippen MR) is 69.4 cm³/mol. The summed E-state index contributed by atoms with van der Waals surface area (Å²) in [6.45, 7) is 6.46. The molecule has 19 heavy (non-hydrogen) atoms. The number of alkyl carbamates (subject to hydrolysis) is 1. The third-order valence-electron chi connectivity index (χ3n) is 3.06. The smallest absolute Gasteiger partial charge is 0.407 e. The summed E-state index contributed by atoms with van der Waals surface area (Å²) >= 11 is 0. The monoisotopic (exact) mass is 278 g/mol. The quantitative estimate of drug-likeness (QED) is 0.834. The van der Waals surface area contributed by atoms with Crippen molar-refractivity contribution in [2.24, 2.45) is 5.92 Å². The van der Waals surface area contributed by atoms with Crippen LogP contribution in [0.15, 0.2) is 0 Å². The number of alkyl halides is 2. The summed E-state index contributed by atoms with van der Waals surface area (Å²) in [5.41, 5.74) is -0.569. The first-order chi connectivity index (χ1) is 8.71. The van der Waals surface area contributed by atoms with Crippen LogP contribution < -0.4 is 10.6 Å². The molecule has 0 aromatic carbocycles. The average molecular weight is 278 g/mol. The summed E-state index contributed by atoms with van der Waals surface area (Å²) in [6, 6.07) is 0. The minimum Gasteiger partial charge on any atom is -0.444 e. The van der Waals surface area contributed by atoms with Gasteiger partial charge in [0.2, 0.25) is 0 Å². The van der Waals surface area contributed by atoms with E-state index < -0.39 is 23.5 Å². The molecule has 1 heterocycles. The number of amides is 1. The maximum atomic E-state index is 13.7. The highest BCUT2D eigenvalue weighted by atomic mass is 19.3. The van der Waals surface area contributed by atoms with Crippen LogP contribution in [0.1, 0.15) is 40.0 Å². The molecule has 2 N–H and O–H groups in total. The zero-order valence-electron chi connectivity index (χ0n) is 11.9. The number of rotatable bonds is 3. The molecule has 0 bridgehead atoms. The lowest BCUT2D eigenvalue weighted by molar-refractivity contribution is -0.0630. The molecule has 1 unspecified atom stereocenters. The van der Waals surface area contributed by atoms with Gasteiger partial charge in [0.25, 0.3) is 5.92 Å². The first-order valence-corrected chi connectivity index (χ1v) is 6.76. The maximum absolute atomic E-state index is 13.7. The molecule has 0 spiro atoms. The van der Waals surface area contributed by atoms with Crippen molar-refractivity contribution in [3.05, 3.63) is 0 Å². The second-order valence-electron chi connectivity index (χ2n) is 5.96.